The molecule has 3 aromatic carbocycles. The van der Waals surface area contributed by atoms with Crippen LogP contribution in [0.3, 0.4) is 0 Å². The highest BCUT2D eigenvalue weighted by Crippen LogP contribution is 2.40. The molecule has 0 spiro atoms. The van der Waals surface area contributed by atoms with Gasteiger partial charge in [-0.25, -0.2) is 4.39 Å². The van der Waals surface area contributed by atoms with Crippen molar-refractivity contribution in [2.24, 2.45) is 0 Å². The minimum atomic E-state index is -4.60. The number of nitrogens with zero attached hydrogens (tertiary/aromatic N) is 2. The SMILES string of the molecule is Cc1ccccc1-c1ccc(-c2nc(-c3ccc(CO)c(F)c3)no2)cc1C(F)(F)F. The van der Waals surface area contributed by atoms with Crippen molar-refractivity contribution in [2.45, 2.75) is 19.7 Å². The standard InChI is InChI=1S/C23H16F4N2O2/c1-13-4-2-3-5-17(13)18-9-8-15(10-19(18)23(25,26)27)22-28-21(29-31-22)14-6-7-16(12-30)20(24)11-14/h2-11,30H,12H2,1H3. The number of aliphatic hydroxyl groups excluding tert-OH is 1. The number of hydrogen-bond acceptors (Lipinski definition) is 4. The maximum atomic E-state index is 13.9. The Morgan fingerprint density at radius 1 is 0.935 bits per heavy atom. The largest absolute Gasteiger partial charge is 0.417 e. The first kappa shape index (κ1) is 20.7. The number of aryl methyl sites for hydroxylation is 1. The monoisotopic (exact) mass is 428 g/mol. The van der Waals surface area contributed by atoms with Gasteiger partial charge in [-0.3, -0.25) is 0 Å². The first-order chi connectivity index (χ1) is 14.8. The predicted molar refractivity (Wildman–Crippen MR) is 106 cm³/mol. The van der Waals surface area contributed by atoms with Crippen molar-refractivity contribution in [1.29, 1.82) is 0 Å². The van der Waals surface area contributed by atoms with Gasteiger partial charge in [0.1, 0.15) is 5.82 Å². The van der Waals surface area contributed by atoms with Crippen molar-refractivity contribution in [3.63, 3.8) is 0 Å². The topological polar surface area (TPSA) is 59.2 Å². The molecule has 31 heavy (non-hydrogen) atoms. The molecule has 4 nitrogen and oxygen atoms in total. The minimum absolute atomic E-state index is 0.0231. The van der Waals surface area contributed by atoms with Crippen LogP contribution in [0.5, 0.6) is 0 Å². The third-order valence-electron chi connectivity index (χ3n) is 4.91. The highest BCUT2D eigenvalue weighted by Gasteiger charge is 2.34. The molecule has 0 unspecified atom stereocenters. The predicted octanol–water partition coefficient (Wildman–Crippen LogP) is 6.03. The molecular weight excluding hydrogens is 412 g/mol. The van der Waals surface area contributed by atoms with E-state index >= 15 is 0 Å². The summed E-state index contributed by atoms with van der Waals surface area (Å²) in [5.41, 5.74) is 0.900. The van der Waals surface area contributed by atoms with Gasteiger partial charge in [-0.05, 0) is 41.8 Å². The first-order valence-electron chi connectivity index (χ1n) is 9.29. The lowest BCUT2D eigenvalue weighted by molar-refractivity contribution is -0.137. The van der Waals surface area contributed by atoms with Crippen LogP contribution < -0.4 is 0 Å². The Balaban J connectivity index is 1.76. The second-order valence-corrected chi connectivity index (χ2v) is 6.96. The highest BCUT2D eigenvalue weighted by atomic mass is 19.4. The zero-order valence-electron chi connectivity index (χ0n) is 16.2. The number of benzene rings is 3. The molecule has 0 amide bonds. The number of alkyl halides is 3. The molecule has 4 aromatic rings. The molecule has 1 aromatic heterocycles. The molecule has 0 saturated carbocycles. The van der Waals surface area contributed by atoms with E-state index in [4.69, 9.17) is 9.63 Å². The number of halogens is 4. The van der Waals surface area contributed by atoms with Crippen molar-refractivity contribution in [3.8, 4) is 34.0 Å². The van der Waals surface area contributed by atoms with Gasteiger partial charge in [0, 0.05) is 16.7 Å². The molecule has 0 bridgehead atoms. The van der Waals surface area contributed by atoms with E-state index in [0.717, 1.165) is 12.1 Å². The average molecular weight is 428 g/mol. The average Bonchev–Trinajstić information content (AvgIpc) is 3.23. The highest BCUT2D eigenvalue weighted by molar-refractivity contribution is 5.74. The third-order valence-corrected chi connectivity index (χ3v) is 4.91. The molecule has 0 fully saturated rings. The van der Waals surface area contributed by atoms with Crippen LogP contribution in [-0.2, 0) is 12.8 Å². The fourth-order valence-corrected chi connectivity index (χ4v) is 3.29. The summed E-state index contributed by atoms with van der Waals surface area (Å²) in [5.74, 6) is -0.744. The van der Waals surface area contributed by atoms with Crippen LogP contribution in [-0.4, -0.2) is 15.2 Å². The van der Waals surface area contributed by atoms with Crippen LogP contribution in [0.4, 0.5) is 17.6 Å². The van der Waals surface area contributed by atoms with Crippen molar-refractivity contribution in [1.82, 2.24) is 10.1 Å². The van der Waals surface area contributed by atoms with E-state index < -0.39 is 24.2 Å². The van der Waals surface area contributed by atoms with Crippen molar-refractivity contribution in [3.05, 3.63) is 83.2 Å². The Labute approximate surface area is 174 Å². The summed E-state index contributed by atoms with van der Waals surface area (Å²) in [7, 11) is 0. The quantitative estimate of drug-likeness (QED) is 0.403. The molecule has 0 radical (unpaired) electrons. The molecule has 4 rings (SSSR count). The lowest BCUT2D eigenvalue weighted by Crippen LogP contribution is -2.08. The summed E-state index contributed by atoms with van der Waals surface area (Å²) in [4.78, 5) is 4.12. The Kier molecular flexibility index (Phi) is 5.32. The Bertz CT molecular complexity index is 1250. The maximum Gasteiger partial charge on any atom is 0.417 e. The van der Waals surface area contributed by atoms with E-state index in [1.165, 1.54) is 24.3 Å². The van der Waals surface area contributed by atoms with E-state index in [2.05, 4.69) is 10.1 Å². The van der Waals surface area contributed by atoms with Gasteiger partial charge in [-0.2, -0.15) is 18.2 Å². The molecule has 1 N–H and O–H groups in total. The van der Waals surface area contributed by atoms with Gasteiger partial charge >= 0.3 is 6.18 Å². The van der Waals surface area contributed by atoms with E-state index in [1.807, 2.05) is 0 Å². The number of rotatable bonds is 4. The molecular formula is C23H16F4N2O2. The minimum Gasteiger partial charge on any atom is -0.392 e. The van der Waals surface area contributed by atoms with Gasteiger partial charge in [-0.1, -0.05) is 47.6 Å². The molecule has 8 heteroatoms. The summed E-state index contributed by atoms with van der Waals surface area (Å²) < 4.78 is 60.5. The Hall–Kier alpha value is -3.52. The van der Waals surface area contributed by atoms with Crippen molar-refractivity contribution >= 4 is 0 Å². The molecule has 0 aliphatic carbocycles. The number of aromatic nitrogens is 2. The Morgan fingerprint density at radius 2 is 1.68 bits per heavy atom. The fraction of sp³-hybridized carbons (Fsp3) is 0.130. The molecule has 1 heterocycles. The van der Waals surface area contributed by atoms with E-state index in [9.17, 15) is 17.6 Å². The van der Waals surface area contributed by atoms with E-state index in [1.54, 1.807) is 31.2 Å². The summed E-state index contributed by atoms with van der Waals surface area (Å²) in [6.45, 7) is 1.28. The van der Waals surface area contributed by atoms with Gasteiger partial charge in [0.05, 0.1) is 12.2 Å². The van der Waals surface area contributed by atoms with Crippen LogP contribution in [0.1, 0.15) is 16.7 Å². The summed E-state index contributed by atoms with van der Waals surface area (Å²) >= 11 is 0. The number of hydrogen-bond donors (Lipinski definition) is 1. The van der Waals surface area contributed by atoms with Crippen LogP contribution in [0.2, 0.25) is 0 Å². The summed E-state index contributed by atoms with van der Waals surface area (Å²) in [6.07, 6.45) is -4.60. The molecule has 0 saturated heterocycles. The zero-order chi connectivity index (χ0) is 22.2. The molecule has 0 aliphatic heterocycles. The molecule has 0 atom stereocenters. The van der Waals surface area contributed by atoms with Gasteiger partial charge in [-0.15, -0.1) is 0 Å². The zero-order valence-corrected chi connectivity index (χ0v) is 16.2. The second-order valence-electron chi connectivity index (χ2n) is 6.96. The third kappa shape index (κ3) is 4.06. The van der Waals surface area contributed by atoms with Gasteiger partial charge < -0.3 is 9.63 Å². The fourth-order valence-electron chi connectivity index (χ4n) is 3.29. The van der Waals surface area contributed by atoms with E-state index in [-0.39, 0.29) is 34.0 Å². The summed E-state index contributed by atoms with van der Waals surface area (Å²) in [6, 6.07) is 14.6. The lowest BCUT2D eigenvalue weighted by atomic mass is 9.94. The van der Waals surface area contributed by atoms with Crippen LogP contribution in [0.25, 0.3) is 34.0 Å². The van der Waals surface area contributed by atoms with Gasteiger partial charge in [0.25, 0.3) is 5.89 Å². The van der Waals surface area contributed by atoms with Crippen molar-refractivity contribution in [2.75, 3.05) is 0 Å². The second kappa shape index (κ2) is 7.96. The van der Waals surface area contributed by atoms with Crippen LogP contribution in [0.15, 0.2) is 65.2 Å². The number of aliphatic hydroxyl groups is 1. The van der Waals surface area contributed by atoms with Crippen molar-refractivity contribution < 1.29 is 27.2 Å². The Morgan fingerprint density at radius 3 is 2.35 bits per heavy atom. The normalized spacial score (nSPS) is 11.7. The van der Waals surface area contributed by atoms with Gasteiger partial charge in [0.15, 0.2) is 0 Å². The van der Waals surface area contributed by atoms with E-state index in [0.29, 0.717) is 11.1 Å². The molecule has 0 aliphatic rings. The smallest absolute Gasteiger partial charge is 0.392 e. The first-order valence-corrected chi connectivity index (χ1v) is 9.29. The van der Waals surface area contributed by atoms with Crippen LogP contribution in [0, 0.1) is 12.7 Å². The van der Waals surface area contributed by atoms with Gasteiger partial charge in [0.2, 0.25) is 5.82 Å². The summed E-state index contributed by atoms with van der Waals surface area (Å²) in [5, 5.41) is 12.8. The molecule has 158 valence electrons. The van der Waals surface area contributed by atoms with Crippen LogP contribution >= 0.6 is 0 Å². The maximum absolute atomic E-state index is 13.9. The lowest BCUT2D eigenvalue weighted by Gasteiger charge is -2.15.